The van der Waals surface area contributed by atoms with Crippen molar-refractivity contribution in [1.29, 1.82) is 0 Å². The van der Waals surface area contributed by atoms with E-state index in [2.05, 4.69) is 15.1 Å². The van der Waals surface area contributed by atoms with Crippen LogP contribution in [-0.4, -0.2) is 51.6 Å². The summed E-state index contributed by atoms with van der Waals surface area (Å²) in [5, 5.41) is 17.1. The van der Waals surface area contributed by atoms with Crippen LogP contribution in [0.25, 0.3) is 0 Å². The monoisotopic (exact) mass is 281 g/mol. The van der Waals surface area contributed by atoms with Crippen LogP contribution in [0.15, 0.2) is 12.4 Å². The van der Waals surface area contributed by atoms with Crippen LogP contribution in [0.5, 0.6) is 0 Å². The summed E-state index contributed by atoms with van der Waals surface area (Å²) in [6, 6.07) is 0.367. The molecule has 1 saturated heterocycles. The molecular formula is C15H27N3O2. The molecule has 0 amide bonds. The molecule has 5 nitrogen and oxygen atoms in total. The van der Waals surface area contributed by atoms with E-state index in [0.29, 0.717) is 19.2 Å². The van der Waals surface area contributed by atoms with Crippen molar-refractivity contribution in [3.8, 4) is 0 Å². The van der Waals surface area contributed by atoms with Crippen molar-refractivity contribution in [3.63, 3.8) is 0 Å². The van der Waals surface area contributed by atoms with E-state index in [1.165, 1.54) is 18.4 Å². The molecular weight excluding hydrogens is 254 g/mol. The summed E-state index contributed by atoms with van der Waals surface area (Å²) in [7, 11) is 0. The van der Waals surface area contributed by atoms with Crippen molar-refractivity contribution in [1.82, 2.24) is 15.1 Å². The van der Waals surface area contributed by atoms with Crippen molar-refractivity contribution in [2.75, 3.05) is 19.7 Å². The Morgan fingerprint density at radius 3 is 2.95 bits per heavy atom. The number of H-pyrrole nitrogens is 1. The smallest absolute Gasteiger partial charge is 0.0900 e. The Balaban J connectivity index is 1.89. The highest BCUT2D eigenvalue weighted by Crippen LogP contribution is 2.30. The first-order valence-electron chi connectivity index (χ1n) is 7.50. The number of aliphatic hydroxyl groups is 1. The second-order valence-electron chi connectivity index (χ2n) is 6.62. The molecule has 1 fully saturated rings. The number of rotatable bonds is 5. The molecule has 0 aliphatic carbocycles. The maximum Gasteiger partial charge on any atom is 0.0900 e. The van der Waals surface area contributed by atoms with Crippen LogP contribution in [0.4, 0.5) is 0 Å². The highest BCUT2D eigenvalue weighted by Gasteiger charge is 2.26. The second-order valence-corrected chi connectivity index (χ2v) is 6.62. The number of nitrogens with one attached hydrogen (secondary N) is 1. The molecule has 2 heterocycles. The summed E-state index contributed by atoms with van der Waals surface area (Å²) < 4.78 is 5.66. The van der Waals surface area contributed by atoms with Crippen LogP contribution < -0.4 is 0 Å². The topological polar surface area (TPSA) is 61.4 Å². The van der Waals surface area contributed by atoms with E-state index in [1.54, 1.807) is 0 Å². The number of hydrogen-bond acceptors (Lipinski definition) is 4. The van der Waals surface area contributed by atoms with Gasteiger partial charge in [-0.2, -0.15) is 5.10 Å². The van der Waals surface area contributed by atoms with E-state index < -0.39 is 6.10 Å². The molecule has 2 N–H and O–H groups in total. The Labute approximate surface area is 121 Å². The molecule has 5 heteroatoms. The van der Waals surface area contributed by atoms with Gasteiger partial charge in [-0.25, -0.2) is 0 Å². The van der Waals surface area contributed by atoms with Gasteiger partial charge in [0.25, 0.3) is 0 Å². The minimum absolute atomic E-state index is 0.202. The largest absolute Gasteiger partial charge is 0.389 e. The molecule has 2 atom stereocenters. The lowest BCUT2D eigenvalue weighted by molar-refractivity contribution is -0.0610. The number of nitrogens with zero attached hydrogens (tertiary/aromatic N) is 2. The fourth-order valence-electron chi connectivity index (χ4n) is 2.70. The number of hydrogen-bond donors (Lipinski definition) is 2. The molecule has 20 heavy (non-hydrogen) atoms. The van der Waals surface area contributed by atoms with Gasteiger partial charge in [-0.15, -0.1) is 0 Å². The quantitative estimate of drug-likeness (QED) is 0.868. The molecule has 1 aromatic rings. The maximum atomic E-state index is 10.2. The predicted molar refractivity (Wildman–Crippen MR) is 78.5 cm³/mol. The Morgan fingerprint density at radius 2 is 2.30 bits per heavy atom. The molecule has 1 aliphatic rings. The highest BCUT2D eigenvalue weighted by atomic mass is 16.5. The lowest BCUT2D eigenvalue weighted by Gasteiger charge is -2.36. The van der Waals surface area contributed by atoms with Crippen LogP contribution in [0.1, 0.15) is 51.6 Å². The van der Waals surface area contributed by atoms with Gasteiger partial charge in [0.2, 0.25) is 0 Å². The first-order valence-corrected chi connectivity index (χ1v) is 7.50. The van der Waals surface area contributed by atoms with E-state index in [1.807, 2.05) is 33.2 Å². The highest BCUT2D eigenvalue weighted by molar-refractivity contribution is 5.10. The number of likely N-dealkylation sites (tertiary alicyclic amines) is 1. The minimum atomic E-state index is -0.443. The Kier molecular flexibility index (Phi) is 5.18. The van der Waals surface area contributed by atoms with Crippen LogP contribution in [-0.2, 0) is 4.74 Å². The molecule has 114 valence electrons. The van der Waals surface area contributed by atoms with Gasteiger partial charge in [0, 0.05) is 24.3 Å². The molecule has 2 rings (SSSR count). The molecule has 1 aliphatic heterocycles. The van der Waals surface area contributed by atoms with Crippen LogP contribution in [0, 0.1) is 0 Å². The zero-order valence-corrected chi connectivity index (χ0v) is 12.8. The normalized spacial score (nSPS) is 22.9. The van der Waals surface area contributed by atoms with Crippen molar-refractivity contribution in [2.45, 2.75) is 57.8 Å². The number of piperidine rings is 1. The standard InChI is InChI=1S/C15H27N3O2/c1-15(2,3)20-11-13(19)10-18-7-5-4-6-14(18)12-8-16-17-9-12/h8-9,13-14,19H,4-7,10-11H2,1-3H3,(H,16,17). The fraction of sp³-hybridized carbons (Fsp3) is 0.800. The Bertz CT molecular complexity index is 386. The fourth-order valence-corrected chi connectivity index (χ4v) is 2.70. The number of aromatic nitrogens is 2. The summed E-state index contributed by atoms with van der Waals surface area (Å²) in [5.41, 5.74) is 1.01. The third kappa shape index (κ3) is 4.58. The second kappa shape index (κ2) is 6.70. The van der Waals surface area contributed by atoms with Gasteiger partial charge >= 0.3 is 0 Å². The molecule has 0 spiro atoms. The predicted octanol–water partition coefficient (Wildman–Crippen LogP) is 2.11. The lowest BCUT2D eigenvalue weighted by atomic mass is 9.97. The molecule has 0 aromatic carbocycles. The van der Waals surface area contributed by atoms with Crippen molar-refractivity contribution in [3.05, 3.63) is 18.0 Å². The number of β-amino-alcohol motifs (C(OH)–C–C–N with tert-alkyl or cyclic N) is 1. The first kappa shape index (κ1) is 15.5. The van der Waals surface area contributed by atoms with Gasteiger partial charge in [-0.1, -0.05) is 6.42 Å². The first-order chi connectivity index (χ1) is 9.46. The summed E-state index contributed by atoms with van der Waals surface area (Å²) in [5.74, 6) is 0. The number of aromatic amines is 1. The summed E-state index contributed by atoms with van der Waals surface area (Å²) in [6.45, 7) is 8.10. The summed E-state index contributed by atoms with van der Waals surface area (Å²) >= 11 is 0. The van der Waals surface area contributed by atoms with E-state index in [-0.39, 0.29) is 5.60 Å². The average Bonchev–Trinajstić information content (AvgIpc) is 2.90. The van der Waals surface area contributed by atoms with Gasteiger partial charge in [-0.3, -0.25) is 10.00 Å². The molecule has 1 aromatic heterocycles. The SMILES string of the molecule is CC(C)(C)OCC(O)CN1CCCCC1c1cn[nH]c1. The zero-order valence-electron chi connectivity index (χ0n) is 12.8. The van der Waals surface area contributed by atoms with Crippen LogP contribution >= 0.6 is 0 Å². The van der Waals surface area contributed by atoms with E-state index in [0.717, 1.165) is 13.0 Å². The van der Waals surface area contributed by atoms with Crippen molar-refractivity contribution >= 4 is 0 Å². The molecule has 0 saturated carbocycles. The maximum absolute atomic E-state index is 10.2. The van der Waals surface area contributed by atoms with Gasteiger partial charge in [0.05, 0.1) is 24.5 Å². The third-order valence-electron chi connectivity index (χ3n) is 3.67. The minimum Gasteiger partial charge on any atom is -0.389 e. The van der Waals surface area contributed by atoms with E-state index >= 15 is 0 Å². The summed E-state index contributed by atoms with van der Waals surface area (Å²) in [4.78, 5) is 2.35. The van der Waals surface area contributed by atoms with E-state index in [9.17, 15) is 5.11 Å². The van der Waals surface area contributed by atoms with Crippen molar-refractivity contribution < 1.29 is 9.84 Å². The summed E-state index contributed by atoms with van der Waals surface area (Å²) in [6.07, 6.45) is 6.97. The van der Waals surface area contributed by atoms with Gasteiger partial charge in [0.15, 0.2) is 0 Å². The number of ether oxygens (including phenoxy) is 1. The van der Waals surface area contributed by atoms with Gasteiger partial charge in [0.1, 0.15) is 0 Å². The van der Waals surface area contributed by atoms with Gasteiger partial charge in [-0.05, 0) is 40.2 Å². The average molecular weight is 281 g/mol. The Hall–Kier alpha value is -0.910. The molecule has 0 radical (unpaired) electrons. The zero-order chi connectivity index (χ0) is 14.6. The third-order valence-corrected chi connectivity index (χ3v) is 3.67. The van der Waals surface area contributed by atoms with Crippen molar-refractivity contribution in [2.24, 2.45) is 0 Å². The lowest BCUT2D eigenvalue weighted by Crippen LogP contribution is -2.41. The molecule has 0 bridgehead atoms. The van der Waals surface area contributed by atoms with E-state index in [4.69, 9.17) is 4.74 Å². The Morgan fingerprint density at radius 1 is 1.50 bits per heavy atom. The molecule has 2 unspecified atom stereocenters. The van der Waals surface area contributed by atoms with Crippen LogP contribution in [0.2, 0.25) is 0 Å². The van der Waals surface area contributed by atoms with Gasteiger partial charge < -0.3 is 9.84 Å². The van der Waals surface area contributed by atoms with Crippen LogP contribution in [0.3, 0.4) is 0 Å². The number of aliphatic hydroxyl groups excluding tert-OH is 1.